The zero-order valence-corrected chi connectivity index (χ0v) is 14.1. The number of benzene rings is 1. The molecular formula is C10H9ClF6N2O4S2. The van der Waals surface area contributed by atoms with Gasteiger partial charge in [0.25, 0.3) is 0 Å². The van der Waals surface area contributed by atoms with E-state index in [4.69, 9.17) is 11.6 Å². The molecule has 0 saturated heterocycles. The summed E-state index contributed by atoms with van der Waals surface area (Å²) in [4.78, 5) is 0. The van der Waals surface area contributed by atoms with Crippen molar-refractivity contribution in [2.24, 2.45) is 0 Å². The molecule has 1 unspecified atom stereocenters. The van der Waals surface area contributed by atoms with Crippen molar-refractivity contribution >= 4 is 31.6 Å². The van der Waals surface area contributed by atoms with Crippen LogP contribution in [-0.2, 0) is 20.0 Å². The van der Waals surface area contributed by atoms with E-state index in [1.807, 2.05) is 0 Å². The van der Waals surface area contributed by atoms with E-state index >= 15 is 0 Å². The van der Waals surface area contributed by atoms with Crippen LogP contribution < -0.4 is 9.44 Å². The molecule has 25 heavy (non-hydrogen) atoms. The summed E-state index contributed by atoms with van der Waals surface area (Å²) in [5.74, 6) is 0. The lowest BCUT2D eigenvalue weighted by Crippen LogP contribution is -2.45. The van der Waals surface area contributed by atoms with Gasteiger partial charge in [0.2, 0.25) is 0 Å². The molecule has 6 nitrogen and oxygen atoms in total. The Balaban J connectivity index is 3.15. The van der Waals surface area contributed by atoms with Gasteiger partial charge >= 0.3 is 31.1 Å². The minimum Gasteiger partial charge on any atom is -0.205 e. The largest absolute Gasteiger partial charge is 0.511 e. The maximum absolute atomic E-state index is 12.4. The van der Waals surface area contributed by atoms with Gasteiger partial charge in [-0.15, -0.1) is 0 Å². The van der Waals surface area contributed by atoms with Crippen LogP contribution in [-0.4, -0.2) is 34.4 Å². The Bertz CT molecular complexity index is 805. The molecule has 1 atom stereocenters. The van der Waals surface area contributed by atoms with Crippen molar-refractivity contribution in [3.63, 3.8) is 0 Å². The van der Waals surface area contributed by atoms with E-state index in [1.54, 1.807) is 0 Å². The average molecular weight is 435 g/mol. The fourth-order valence-corrected chi connectivity index (χ4v) is 2.85. The molecule has 0 aromatic heterocycles. The SMILES string of the molecule is O=S(=O)(NCC(NS(=O)(=O)C(F)(F)F)c1ccc(Cl)cc1)C(F)(F)F. The second-order valence-electron chi connectivity index (χ2n) is 4.47. The van der Waals surface area contributed by atoms with Gasteiger partial charge in [-0.25, -0.2) is 21.6 Å². The Morgan fingerprint density at radius 2 is 1.32 bits per heavy atom. The van der Waals surface area contributed by atoms with Gasteiger partial charge in [-0.05, 0) is 17.7 Å². The van der Waals surface area contributed by atoms with Gasteiger partial charge in [0.15, 0.2) is 0 Å². The summed E-state index contributed by atoms with van der Waals surface area (Å²) in [6.07, 6.45) is 0. The molecule has 0 spiro atoms. The predicted molar refractivity (Wildman–Crippen MR) is 75.3 cm³/mol. The van der Waals surface area contributed by atoms with Crippen molar-refractivity contribution in [3.8, 4) is 0 Å². The number of hydrogen-bond acceptors (Lipinski definition) is 4. The fraction of sp³-hybridized carbons (Fsp3) is 0.400. The lowest BCUT2D eigenvalue weighted by molar-refractivity contribution is -0.0461. The van der Waals surface area contributed by atoms with Gasteiger partial charge in [0.1, 0.15) is 0 Å². The van der Waals surface area contributed by atoms with E-state index in [1.165, 1.54) is 0 Å². The van der Waals surface area contributed by atoms with Crippen molar-refractivity contribution < 1.29 is 43.2 Å². The van der Waals surface area contributed by atoms with Crippen LogP contribution in [0.5, 0.6) is 0 Å². The molecule has 15 heteroatoms. The fourth-order valence-electron chi connectivity index (χ4n) is 1.45. The van der Waals surface area contributed by atoms with E-state index in [0.717, 1.165) is 33.7 Å². The molecule has 0 amide bonds. The van der Waals surface area contributed by atoms with Crippen molar-refractivity contribution in [1.29, 1.82) is 0 Å². The smallest absolute Gasteiger partial charge is 0.205 e. The van der Waals surface area contributed by atoms with Gasteiger partial charge in [0, 0.05) is 11.6 Å². The zero-order valence-electron chi connectivity index (χ0n) is 11.7. The van der Waals surface area contributed by atoms with E-state index < -0.39 is 43.6 Å². The summed E-state index contributed by atoms with van der Waals surface area (Å²) >= 11 is 5.55. The van der Waals surface area contributed by atoms with Crippen LogP contribution in [0.4, 0.5) is 26.3 Å². The highest BCUT2D eigenvalue weighted by atomic mass is 35.5. The normalized spacial score (nSPS) is 15.2. The summed E-state index contributed by atoms with van der Waals surface area (Å²) in [7, 11) is -11.8. The van der Waals surface area contributed by atoms with Crippen LogP contribution in [0.15, 0.2) is 24.3 Å². The molecule has 144 valence electrons. The topological polar surface area (TPSA) is 92.3 Å². The monoisotopic (exact) mass is 434 g/mol. The third kappa shape index (κ3) is 5.70. The van der Waals surface area contributed by atoms with Crippen molar-refractivity contribution in [3.05, 3.63) is 34.9 Å². The first-order chi connectivity index (χ1) is 11.1. The van der Waals surface area contributed by atoms with Crippen LogP contribution in [0.2, 0.25) is 5.02 Å². The quantitative estimate of drug-likeness (QED) is 0.672. The van der Waals surface area contributed by atoms with E-state index in [9.17, 15) is 43.2 Å². The highest BCUT2D eigenvalue weighted by Crippen LogP contribution is 2.26. The summed E-state index contributed by atoms with van der Waals surface area (Å²) in [5, 5.41) is 0.108. The highest BCUT2D eigenvalue weighted by molar-refractivity contribution is 7.90. The Kier molecular flexibility index (Phi) is 6.38. The number of sulfonamides is 2. The predicted octanol–water partition coefficient (Wildman–Crippen LogP) is 2.26. The van der Waals surface area contributed by atoms with Crippen LogP contribution in [0.25, 0.3) is 0 Å². The number of halogens is 7. The van der Waals surface area contributed by atoms with Crippen LogP contribution in [0, 0.1) is 0 Å². The third-order valence-electron chi connectivity index (χ3n) is 2.66. The van der Waals surface area contributed by atoms with Gasteiger partial charge in [0.05, 0.1) is 6.04 Å². The van der Waals surface area contributed by atoms with Crippen molar-refractivity contribution in [2.45, 2.75) is 17.1 Å². The summed E-state index contributed by atoms with van der Waals surface area (Å²) in [5.41, 5.74) is -11.7. The molecule has 0 aliphatic rings. The maximum Gasteiger partial charge on any atom is 0.511 e. The molecular weight excluding hydrogens is 426 g/mol. The van der Waals surface area contributed by atoms with E-state index in [0.29, 0.717) is 0 Å². The molecule has 1 aromatic carbocycles. The first-order valence-corrected chi connectivity index (χ1v) is 9.31. The lowest BCUT2D eigenvalue weighted by atomic mass is 10.1. The number of alkyl halides is 6. The first-order valence-electron chi connectivity index (χ1n) is 5.97. The van der Waals surface area contributed by atoms with Crippen LogP contribution in [0.3, 0.4) is 0 Å². The van der Waals surface area contributed by atoms with Gasteiger partial charge < -0.3 is 0 Å². The molecule has 0 fully saturated rings. The molecule has 0 saturated carbocycles. The minimum absolute atomic E-state index is 0.108. The average Bonchev–Trinajstić information content (AvgIpc) is 2.42. The molecule has 0 radical (unpaired) electrons. The Morgan fingerprint density at radius 3 is 1.72 bits per heavy atom. The number of rotatable bonds is 6. The van der Waals surface area contributed by atoms with Crippen molar-refractivity contribution in [1.82, 2.24) is 9.44 Å². The maximum atomic E-state index is 12.4. The van der Waals surface area contributed by atoms with Crippen molar-refractivity contribution in [2.75, 3.05) is 6.54 Å². The molecule has 1 aromatic rings. The van der Waals surface area contributed by atoms with Crippen LogP contribution in [0.1, 0.15) is 11.6 Å². The second-order valence-corrected chi connectivity index (χ2v) is 8.37. The second kappa shape index (κ2) is 7.26. The standard InChI is InChI=1S/C10H9ClF6N2O4S2/c11-7-3-1-6(2-4-7)8(19-25(22,23)10(15,16)17)5-18-24(20,21)9(12,13)14/h1-4,8,18-19H,5H2. The third-order valence-corrected chi connectivity index (χ3v) is 5.27. The number of hydrogen-bond donors (Lipinski definition) is 2. The summed E-state index contributed by atoms with van der Waals surface area (Å²) in [6, 6.07) is 2.33. The van der Waals surface area contributed by atoms with E-state index in [2.05, 4.69) is 0 Å². The minimum atomic E-state index is -5.96. The highest BCUT2D eigenvalue weighted by Gasteiger charge is 2.48. The van der Waals surface area contributed by atoms with Crippen LogP contribution >= 0.6 is 11.6 Å². The first kappa shape index (κ1) is 22.0. The zero-order chi connectivity index (χ0) is 19.7. The Labute approximate surface area is 143 Å². The molecule has 2 N–H and O–H groups in total. The molecule has 1 rings (SSSR count). The summed E-state index contributed by atoms with van der Waals surface area (Å²) < 4.78 is 121. The Hall–Kier alpha value is -1.09. The molecule has 0 bridgehead atoms. The Morgan fingerprint density at radius 1 is 0.880 bits per heavy atom. The van der Waals surface area contributed by atoms with Gasteiger partial charge in [-0.2, -0.15) is 31.1 Å². The van der Waals surface area contributed by atoms with Gasteiger partial charge in [-0.1, -0.05) is 23.7 Å². The molecule has 0 aliphatic carbocycles. The molecule has 0 heterocycles. The molecule has 0 aliphatic heterocycles. The van der Waals surface area contributed by atoms with E-state index in [-0.39, 0.29) is 10.6 Å². The van der Waals surface area contributed by atoms with Gasteiger partial charge in [-0.3, -0.25) is 0 Å². The number of nitrogens with one attached hydrogen (secondary N) is 2. The summed E-state index contributed by atoms with van der Waals surface area (Å²) in [6.45, 7) is -1.32. The lowest BCUT2D eigenvalue weighted by Gasteiger charge is -2.21.